The van der Waals surface area contributed by atoms with E-state index in [2.05, 4.69) is 9.72 Å². The van der Waals surface area contributed by atoms with Crippen molar-refractivity contribution in [1.82, 2.24) is 4.98 Å². The number of carbonyl (C=O) groups is 1. The van der Waals surface area contributed by atoms with Crippen molar-refractivity contribution in [3.05, 3.63) is 53.3 Å². The summed E-state index contributed by atoms with van der Waals surface area (Å²) in [6.45, 7) is -0.379. The largest absolute Gasteiger partial charge is 0.483 e. The van der Waals surface area contributed by atoms with Crippen molar-refractivity contribution in [1.29, 1.82) is 5.26 Å². The number of hydrogen-bond acceptors (Lipinski definition) is 5. The highest BCUT2D eigenvalue weighted by atomic mass is 19.3. The number of benzene rings is 1. The molecule has 1 N–H and O–H groups in total. The maximum Gasteiger partial charge on any atom is 0.483 e. The van der Waals surface area contributed by atoms with Gasteiger partial charge in [-0.3, -0.25) is 9.69 Å². The van der Waals surface area contributed by atoms with Crippen LogP contribution in [-0.2, 0) is 11.3 Å². The lowest BCUT2D eigenvalue weighted by Crippen LogP contribution is -2.50. The molecule has 140 valence electrons. The molecule has 1 amide bonds. The lowest BCUT2D eigenvalue weighted by molar-refractivity contribution is -0.193. The third kappa shape index (κ3) is 3.41. The van der Waals surface area contributed by atoms with E-state index in [0.29, 0.717) is 10.5 Å². The van der Waals surface area contributed by atoms with Gasteiger partial charge in [0.15, 0.2) is 5.75 Å². The number of pyridine rings is 1. The fourth-order valence-corrected chi connectivity index (χ4v) is 2.65. The number of amides is 1. The Bertz CT molecular complexity index is 930. The number of aromatic nitrogens is 1. The number of carbonyl (C=O) groups excluding carboxylic acids is 1. The Morgan fingerprint density at radius 2 is 2.07 bits per heavy atom. The number of rotatable bonds is 4. The highest BCUT2D eigenvalue weighted by Crippen LogP contribution is 2.45. The number of hydrogen-bond donors (Lipinski definition) is 1. The van der Waals surface area contributed by atoms with Crippen LogP contribution >= 0.6 is 0 Å². The van der Waals surface area contributed by atoms with Gasteiger partial charge in [0.1, 0.15) is 17.9 Å². The van der Waals surface area contributed by atoms with Crippen LogP contribution in [0.3, 0.4) is 0 Å². The van der Waals surface area contributed by atoms with Crippen LogP contribution in [0.2, 0.25) is 0 Å². The first-order valence-corrected chi connectivity index (χ1v) is 7.57. The minimum atomic E-state index is -4.31. The summed E-state index contributed by atoms with van der Waals surface area (Å²) in [5.74, 6) is -2.40. The number of halogens is 4. The summed E-state index contributed by atoms with van der Waals surface area (Å²) in [6.07, 6.45) is -8.64. The minimum absolute atomic E-state index is 0.0158. The van der Waals surface area contributed by atoms with Gasteiger partial charge in [-0.15, -0.1) is 0 Å². The van der Waals surface area contributed by atoms with E-state index in [1.807, 2.05) is 0 Å². The average Bonchev–Trinajstić information content (AvgIpc) is 2.64. The van der Waals surface area contributed by atoms with Crippen LogP contribution in [-0.4, -0.2) is 28.5 Å². The summed E-state index contributed by atoms with van der Waals surface area (Å²) >= 11 is 0. The number of anilines is 1. The predicted octanol–water partition coefficient (Wildman–Crippen LogP) is 2.77. The first kappa shape index (κ1) is 18.6. The smallest absolute Gasteiger partial charge is 0.423 e. The van der Waals surface area contributed by atoms with E-state index in [4.69, 9.17) is 5.26 Å². The molecular formula is C17H11F4N3O3. The van der Waals surface area contributed by atoms with Crippen LogP contribution in [0.5, 0.6) is 5.75 Å². The van der Waals surface area contributed by atoms with Gasteiger partial charge in [-0.2, -0.15) is 14.0 Å². The molecule has 2 aromatic rings. The summed E-state index contributed by atoms with van der Waals surface area (Å²) < 4.78 is 58.2. The summed E-state index contributed by atoms with van der Waals surface area (Å²) in [5.41, 5.74) is -0.425. The Labute approximate surface area is 150 Å². The second-order valence-corrected chi connectivity index (χ2v) is 5.65. The minimum Gasteiger partial charge on any atom is -0.423 e. The molecule has 1 aromatic carbocycles. The van der Waals surface area contributed by atoms with E-state index in [1.54, 1.807) is 6.07 Å². The molecule has 0 saturated heterocycles. The van der Waals surface area contributed by atoms with Gasteiger partial charge in [0.25, 0.3) is 6.43 Å². The maximum atomic E-state index is 14.1. The molecule has 2 heterocycles. The van der Waals surface area contributed by atoms with Crippen LogP contribution in [0.25, 0.3) is 0 Å². The van der Waals surface area contributed by atoms with E-state index >= 15 is 0 Å². The van der Waals surface area contributed by atoms with Crippen molar-refractivity contribution in [2.45, 2.75) is 25.2 Å². The molecule has 0 fully saturated rings. The molecule has 0 unspecified atom stereocenters. The quantitative estimate of drug-likeness (QED) is 0.823. The Morgan fingerprint density at radius 1 is 1.33 bits per heavy atom. The molecule has 0 spiro atoms. The van der Waals surface area contributed by atoms with Crippen LogP contribution in [0.15, 0.2) is 36.5 Å². The number of para-hydroxylation sites is 1. The van der Waals surface area contributed by atoms with Crippen molar-refractivity contribution in [2.75, 3.05) is 4.90 Å². The standard InChI is InChI=1S/C17H11F4N3O3/c18-15(19)13(25)11-2-1-3-12-14(11)27-17(20,21)16(26)24(12)8-9-4-5-23-10(6-9)7-22/h1-6,13,15,25H,8H2/t13-/m1/s1. The summed E-state index contributed by atoms with van der Waals surface area (Å²) in [6, 6.07) is 7.99. The average molecular weight is 381 g/mol. The third-order valence-corrected chi connectivity index (χ3v) is 3.88. The fraction of sp³-hybridized carbons (Fsp3) is 0.235. The molecule has 1 aliphatic heterocycles. The van der Waals surface area contributed by atoms with Crippen molar-refractivity contribution in [3.63, 3.8) is 0 Å². The number of aliphatic hydroxyl groups is 1. The molecule has 1 aromatic heterocycles. The number of ether oxygens (including phenoxy) is 1. The summed E-state index contributed by atoms with van der Waals surface area (Å²) in [4.78, 5) is 16.5. The number of aliphatic hydroxyl groups excluding tert-OH is 1. The van der Waals surface area contributed by atoms with Gasteiger partial charge >= 0.3 is 12.0 Å². The van der Waals surface area contributed by atoms with Crippen molar-refractivity contribution >= 4 is 11.6 Å². The fourth-order valence-electron chi connectivity index (χ4n) is 2.65. The van der Waals surface area contributed by atoms with Crippen molar-refractivity contribution in [3.8, 4) is 11.8 Å². The highest BCUT2D eigenvalue weighted by Gasteiger charge is 2.51. The topological polar surface area (TPSA) is 86.5 Å². The summed E-state index contributed by atoms with van der Waals surface area (Å²) in [5, 5.41) is 18.5. The van der Waals surface area contributed by atoms with Gasteiger partial charge < -0.3 is 9.84 Å². The molecule has 0 aliphatic carbocycles. The number of alkyl halides is 4. The first-order chi connectivity index (χ1) is 12.7. The molecular weight excluding hydrogens is 370 g/mol. The van der Waals surface area contributed by atoms with Gasteiger partial charge in [0.2, 0.25) is 0 Å². The Morgan fingerprint density at radius 3 is 2.74 bits per heavy atom. The van der Waals surface area contributed by atoms with Crippen LogP contribution < -0.4 is 9.64 Å². The molecule has 1 atom stereocenters. The van der Waals surface area contributed by atoms with E-state index in [1.165, 1.54) is 30.5 Å². The van der Waals surface area contributed by atoms with E-state index < -0.39 is 35.9 Å². The van der Waals surface area contributed by atoms with Gasteiger partial charge in [-0.1, -0.05) is 12.1 Å². The molecule has 27 heavy (non-hydrogen) atoms. The highest BCUT2D eigenvalue weighted by molar-refractivity contribution is 6.01. The number of fused-ring (bicyclic) bond motifs is 1. The zero-order valence-corrected chi connectivity index (χ0v) is 13.4. The molecule has 0 radical (unpaired) electrons. The molecule has 0 saturated carbocycles. The van der Waals surface area contributed by atoms with E-state index in [0.717, 1.165) is 6.07 Å². The Kier molecular flexibility index (Phi) is 4.72. The van der Waals surface area contributed by atoms with Crippen molar-refractivity contribution < 1.29 is 32.2 Å². The zero-order valence-electron chi connectivity index (χ0n) is 13.4. The number of nitriles is 1. The number of nitrogens with zero attached hydrogens (tertiary/aromatic N) is 3. The molecule has 6 nitrogen and oxygen atoms in total. The maximum absolute atomic E-state index is 14.1. The van der Waals surface area contributed by atoms with Gasteiger partial charge in [-0.05, 0) is 23.8 Å². The van der Waals surface area contributed by atoms with Crippen LogP contribution in [0, 0.1) is 11.3 Å². The van der Waals surface area contributed by atoms with Crippen LogP contribution in [0.1, 0.15) is 22.9 Å². The molecule has 10 heteroatoms. The lowest BCUT2D eigenvalue weighted by atomic mass is 10.0. The molecule has 3 rings (SSSR count). The first-order valence-electron chi connectivity index (χ1n) is 7.57. The van der Waals surface area contributed by atoms with E-state index in [9.17, 15) is 27.5 Å². The third-order valence-electron chi connectivity index (χ3n) is 3.88. The van der Waals surface area contributed by atoms with E-state index in [-0.39, 0.29) is 17.9 Å². The monoisotopic (exact) mass is 381 g/mol. The Balaban J connectivity index is 2.09. The molecule has 0 bridgehead atoms. The van der Waals surface area contributed by atoms with Gasteiger partial charge in [0, 0.05) is 11.8 Å². The van der Waals surface area contributed by atoms with Gasteiger partial charge in [0.05, 0.1) is 12.2 Å². The summed E-state index contributed by atoms with van der Waals surface area (Å²) in [7, 11) is 0. The van der Waals surface area contributed by atoms with Crippen LogP contribution in [0.4, 0.5) is 23.2 Å². The second kappa shape index (κ2) is 6.85. The van der Waals surface area contributed by atoms with Crippen molar-refractivity contribution in [2.24, 2.45) is 0 Å². The second-order valence-electron chi connectivity index (χ2n) is 5.65. The Hall–Kier alpha value is -3.19. The SMILES string of the molecule is N#Cc1cc(CN2C(=O)C(F)(F)Oc3c([C@@H](O)C(F)F)cccc32)ccn1. The normalized spacial score (nSPS) is 16.5. The zero-order chi connectivity index (χ0) is 19.8. The lowest BCUT2D eigenvalue weighted by Gasteiger charge is -2.35. The van der Waals surface area contributed by atoms with Gasteiger partial charge in [-0.25, -0.2) is 13.8 Å². The molecule has 1 aliphatic rings. The predicted molar refractivity (Wildman–Crippen MR) is 83.1 cm³/mol.